The maximum Gasteiger partial charge on any atom is 0.0900 e. The van der Waals surface area contributed by atoms with Crippen molar-refractivity contribution < 1.29 is 4.74 Å². The van der Waals surface area contributed by atoms with Gasteiger partial charge in [-0.3, -0.25) is 4.68 Å². The molecule has 0 spiro atoms. The van der Waals surface area contributed by atoms with Gasteiger partial charge in [0.25, 0.3) is 0 Å². The van der Waals surface area contributed by atoms with Gasteiger partial charge in [-0.05, 0) is 36.3 Å². The van der Waals surface area contributed by atoms with Crippen LogP contribution in [0.25, 0.3) is 0 Å². The third kappa shape index (κ3) is 3.71. The van der Waals surface area contributed by atoms with Crippen LogP contribution in [0.15, 0.2) is 10.7 Å². The van der Waals surface area contributed by atoms with Gasteiger partial charge in [-0.2, -0.15) is 5.10 Å². The molecule has 2 aromatic heterocycles. The number of ether oxygens (including phenoxy) is 1. The van der Waals surface area contributed by atoms with Crippen LogP contribution >= 0.6 is 27.3 Å². The minimum atomic E-state index is 0.0925. The van der Waals surface area contributed by atoms with Crippen molar-refractivity contribution in [2.75, 3.05) is 20.3 Å². The molecule has 0 amide bonds. The third-order valence-electron chi connectivity index (χ3n) is 3.22. The molecule has 1 unspecified atom stereocenters. The molecule has 0 aromatic carbocycles. The van der Waals surface area contributed by atoms with Gasteiger partial charge < -0.3 is 10.1 Å². The Balaban J connectivity index is 2.43. The third-order valence-corrected chi connectivity index (χ3v) is 4.97. The first-order valence-corrected chi connectivity index (χ1v) is 8.56. The van der Waals surface area contributed by atoms with Crippen LogP contribution in [-0.2, 0) is 11.3 Å². The quantitative estimate of drug-likeness (QED) is 0.811. The average molecular weight is 373 g/mol. The molecule has 0 aliphatic heterocycles. The molecule has 7 heteroatoms. The lowest BCUT2D eigenvalue weighted by Crippen LogP contribution is -2.25. The molecule has 1 N–H and O–H groups in total. The minimum absolute atomic E-state index is 0.0925. The molecule has 0 bridgehead atoms. The number of aromatic nitrogens is 3. The zero-order valence-corrected chi connectivity index (χ0v) is 15.2. The van der Waals surface area contributed by atoms with Crippen LogP contribution in [0.4, 0.5) is 0 Å². The summed E-state index contributed by atoms with van der Waals surface area (Å²) in [4.78, 5) is 5.80. The van der Waals surface area contributed by atoms with Crippen molar-refractivity contribution in [3.8, 4) is 0 Å². The Hall–Kier alpha value is -0.760. The molecule has 5 nitrogen and oxygen atoms in total. The van der Waals surface area contributed by atoms with Gasteiger partial charge >= 0.3 is 0 Å². The van der Waals surface area contributed by atoms with Gasteiger partial charge in [0, 0.05) is 7.11 Å². The van der Waals surface area contributed by atoms with Crippen molar-refractivity contribution in [3.05, 3.63) is 31.9 Å². The van der Waals surface area contributed by atoms with Gasteiger partial charge in [-0.25, -0.2) is 4.98 Å². The molecule has 2 heterocycles. The first kappa shape index (κ1) is 16.6. The summed E-state index contributed by atoms with van der Waals surface area (Å²) in [7, 11) is 1.71. The maximum absolute atomic E-state index is 5.18. The number of halogens is 1. The van der Waals surface area contributed by atoms with Crippen LogP contribution in [0, 0.1) is 13.8 Å². The van der Waals surface area contributed by atoms with E-state index in [1.165, 1.54) is 4.88 Å². The number of thiazole rings is 1. The number of nitrogens with one attached hydrogen (secondary N) is 1. The second kappa shape index (κ2) is 7.49. The molecule has 2 rings (SSSR count). The number of nitrogens with zero attached hydrogens (tertiary/aromatic N) is 3. The smallest absolute Gasteiger partial charge is 0.0900 e. The standard InChI is InChI=1S/C14H21BrN4OS/c1-5-16-12(14-9(2)18-10(3)21-14)13-11(15)8-17-19(13)6-7-20-4/h8,12,16H,5-7H2,1-4H3. The summed E-state index contributed by atoms with van der Waals surface area (Å²) in [6, 6.07) is 0.0925. The first-order valence-electron chi connectivity index (χ1n) is 6.95. The van der Waals surface area contributed by atoms with Crippen molar-refractivity contribution in [2.24, 2.45) is 0 Å². The van der Waals surface area contributed by atoms with E-state index in [1.807, 2.05) is 17.8 Å². The maximum atomic E-state index is 5.18. The van der Waals surface area contributed by atoms with Crippen molar-refractivity contribution in [1.82, 2.24) is 20.1 Å². The van der Waals surface area contributed by atoms with Gasteiger partial charge in [0.05, 0.1) is 51.1 Å². The molecule has 0 radical (unpaired) electrons. The van der Waals surface area contributed by atoms with E-state index in [0.29, 0.717) is 6.61 Å². The molecule has 0 fully saturated rings. The second-order valence-corrected chi connectivity index (χ2v) is 6.86. The van der Waals surface area contributed by atoms with E-state index in [1.54, 1.807) is 18.4 Å². The molecule has 0 aliphatic rings. The van der Waals surface area contributed by atoms with E-state index in [2.05, 4.69) is 45.2 Å². The topological polar surface area (TPSA) is 52.0 Å². The summed E-state index contributed by atoms with van der Waals surface area (Å²) >= 11 is 5.36. The fourth-order valence-electron chi connectivity index (χ4n) is 2.35. The summed E-state index contributed by atoms with van der Waals surface area (Å²) in [6.07, 6.45) is 1.85. The van der Waals surface area contributed by atoms with Gasteiger partial charge in [-0.15, -0.1) is 11.3 Å². The van der Waals surface area contributed by atoms with Crippen LogP contribution in [0.2, 0.25) is 0 Å². The van der Waals surface area contributed by atoms with E-state index in [0.717, 1.165) is 34.0 Å². The fraction of sp³-hybridized carbons (Fsp3) is 0.571. The van der Waals surface area contributed by atoms with Crippen LogP contribution in [0.3, 0.4) is 0 Å². The van der Waals surface area contributed by atoms with Gasteiger partial charge in [-0.1, -0.05) is 6.92 Å². The summed E-state index contributed by atoms with van der Waals surface area (Å²) in [5, 5.41) is 9.09. The van der Waals surface area contributed by atoms with Crippen LogP contribution < -0.4 is 5.32 Å². The van der Waals surface area contributed by atoms with Crippen molar-refractivity contribution in [3.63, 3.8) is 0 Å². The van der Waals surface area contributed by atoms with Crippen LogP contribution in [0.5, 0.6) is 0 Å². The second-order valence-electron chi connectivity index (χ2n) is 4.77. The summed E-state index contributed by atoms with van der Waals surface area (Å²) < 4.78 is 8.18. The highest BCUT2D eigenvalue weighted by Crippen LogP contribution is 2.33. The van der Waals surface area contributed by atoms with Crippen molar-refractivity contribution >= 4 is 27.3 Å². The molecule has 0 saturated heterocycles. The Morgan fingerprint density at radius 1 is 1.48 bits per heavy atom. The van der Waals surface area contributed by atoms with E-state index >= 15 is 0 Å². The monoisotopic (exact) mass is 372 g/mol. The Morgan fingerprint density at radius 2 is 2.24 bits per heavy atom. The highest BCUT2D eigenvalue weighted by atomic mass is 79.9. The average Bonchev–Trinajstić information content (AvgIpc) is 2.97. The van der Waals surface area contributed by atoms with E-state index in [-0.39, 0.29) is 6.04 Å². The van der Waals surface area contributed by atoms with Crippen LogP contribution in [0.1, 0.15) is 34.2 Å². The number of aryl methyl sites for hydroxylation is 2. The molecular formula is C14H21BrN4OS. The Morgan fingerprint density at radius 3 is 2.81 bits per heavy atom. The van der Waals surface area contributed by atoms with E-state index in [9.17, 15) is 0 Å². The Kier molecular flexibility index (Phi) is 5.92. The molecule has 21 heavy (non-hydrogen) atoms. The zero-order chi connectivity index (χ0) is 15.4. The lowest BCUT2D eigenvalue weighted by molar-refractivity contribution is 0.182. The lowest BCUT2D eigenvalue weighted by atomic mass is 10.1. The SMILES string of the molecule is CCNC(c1sc(C)nc1C)c1c(Br)cnn1CCOC. The highest BCUT2D eigenvalue weighted by molar-refractivity contribution is 9.10. The zero-order valence-electron chi connectivity index (χ0n) is 12.8. The predicted molar refractivity (Wildman–Crippen MR) is 88.9 cm³/mol. The van der Waals surface area contributed by atoms with Gasteiger partial charge in [0.1, 0.15) is 0 Å². The van der Waals surface area contributed by atoms with Crippen LogP contribution in [-0.4, -0.2) is 35.0 Å². The molecule has 116 valence electrons. The number of hydrogen-bond donors (Lipinski definition) is 1. The van der Waals surface area contributed by atoms with Gasteiger partial charge in [0.2, 0.25) is 0 Å². The molecule has 2 aromatic rings. The molecule has 0 aliphatic carbocycles. The predicted octanol–water partition coefficient (Wildman–Crippen LogP) is 3.06. The molecular weight excluding hydrogens is 352 g/mol. The summed E-state index contributed by atoms with van der Waals surface area (Å²) in [5.41, 5.74) is 2.20. The number of hydrogen-bond acceptors (Lipinski definition) is 5. The fourth-order valence-corrected chi connectivity index (χ4v) is 3.88. The first-order chi connectivity index (χ1) is 10.1. The summed E-state index contributed by atoms with van der Waals surface area (Å²) in [5.74, 6) is 0. The van der Waals surface area contributed by atoms with Crippen molar-refractivity contribution in [2.45, 2.75) is 33.4 Å². The van der Waals surface area contributed by atoms with Gasteiger partial charge in [0.15, 0.2) is 0 Å². The summed E-state index contributed by atoms with van der Waals surface area (Å²) in [6.45, 7) is 8.47. The largest absolute Gasteiger partial charge is 0.383 e. The van der Waals surface area contributed by atoms with E-state index < -0.39 is 0 Å². The molecule has 0 saturated carbocycles. The minimum Gasteiger partial charge on any atom is -0.383 e. The number of methoxy groups -OCH3 is 1. The Labute approximate surface area is 137 Å². The molecule has 1 atom stereocenters. The Bertz CT molecular complexity index is 596. The normalized spacial score (nSPS) is 12.8. The van der Waals surface area contributed by atoms with Crippen molar-refractivity contribution in [1.29, 1.82) is 0 Å². The number of rotatable bonds is 7. The van der Waals surface area contributed by atoms with E-state index in [4.69, 9.17) is 4.74 Å². The lowest BCUT2D eigenvalue weighted by Gasteiger charge is -2.19. The highest BCUT2D eigenvalue weighted by Gasteiger charge is 2.24.